The molecule has 5 nitrogen and oxygen atoms in total. The molecule has 28 heavy (non-hydrogen) atoms. The number of allylic oxidation sites excluding steroid dienone is 1. The monoisotopic (exact) mass is 388 g/mol. The van der Waals surface area contributed by atoms with Gasteiger partial charge in [0.25, 0.3) is 0 Å². The molecule has 2 aliphatic heterocycles. The Morgan fingerprint density at radius 2 is 2.07 bits per heavy atom. The first-order valence-corrected chi connectivity index (χ1v) is 9.91. The van der Waals surface area contributed by atoms with Crippen LogP contribution >= 0.6 is 0 Å². The molecule has 0 aliphatic carbocycles. The number of benzene rings is 1. The molecule has 0 spiro atoms. The van der Waals surface area contributed by atoms with Crippen LogP contribution < -0.4 is 0 Å². The third kappa shape index (κ3) is 4.28. The van der Waals surface area contributed by atoms with Crippen LogP contribution in [0.1, 0.15) is 32.8 Å². The molecule has 0 amide bonds. The molecule has 2 unspecified atom stereocenters. The Morgan fingerprint density at radius 3 is 2.68 bits per heavy atom. The van der Waals surface area contributed by atoms with Crippen molar-refractivity contribution in [1.29, 1.82) is 0 Å². The second kappa shape index (κ2) is 8.88. The van der Waals surface area contributed by atoms with E-state index >= 15 is 0 Å². The lowest BCUT2D eigenvalue weighted by atomic mass is 9.90. The molecule has 2 aliphatic rings. The van der Waals surface area contributed by atoms with E-state index in [9.17, 15) is 14.3 Å². The average Bonchev–Trinajstić information content (AvgIpc) is 2.68. The fourth-order valence-corrected chi connectivity index (χ4v) is 4.04. The fraction of sp³-hybridized carbons (Fsp3) is 0.500. The van der Waals surface area contributed by atoms with E-state index in [1.165, 1.54) is 12.1 Å². The molecule has 0 radical (unpaired) electrons. The highest BCUT2D eigenvalue weighted by molar-refractivity contribution is 5.93. The predicted molar refractivity (Wildman–Crippen MR) is 106 cm³/mol. The second-order valence-electron chi connectivity index (χ2n) is 7.54. The molecule has 0 bridgehead atoms. The van der Waals surface area contributed by atoms with Gasteiger partial charge in [-0.05, 0) is 48.6 Å². The number of aliphatic carboxylic acids is 1. The Hall–Kier alpha value is -2.18. The van der Waals surface area contributed by atoms with Gasteiger partial charge >= 0.3 is 5.97 Å². The van der Waals surface area contributed by atoms with Gasteiger partial charge in [0, 0.05) is 25.3 Å². The highest BCUT2D eigenvalue weighted by Gasteiger charge is 2.36. The lowest BCUT2D eigenvalue weighted by molar-refractivity contribution is -0.132. The molecular formula is C22H29FN2O3. The van der Waals surface area contributed by atoms with Crippen LogP contribution in [0.2, 0.25) is 0 Å². The van der Waals surface area contributed by atoms with Crippen molar-refractivity contribution in [1.82, 2.24) is 9.80 Å². The number of carbonyl (C=O) groups is 1. The van der Waals surface area contributed by atoms with Gasteiger partial charge in [-0.2, -0.15) is 0 Å². The summed E-state index contributed by atoms with van der Waals surface area (Å²) in [5.41, 5.74) is 2.82. The predicted octanol–water partition coefficient (Wildman–Crippen LogP) is 3.63. The number of hydrogen-bond acceptors (Lipinski definition) is 4. The summed E-state index contributed by atoms with van der Waals surface area (Å²) in [6.45, 7) is 9.34. The molecule has 2 atom stereocenters. The Labute approximate surface area is 166 Å². The van der Waals surface area contributed by atoms with E-state index in [0.717, 1.165) is 36.3 Å². The van der Waals surface area contributed by atoms with Crippen molar-refractivity contribution < 1.29 is 19.0 Å². The van der Waals surface area contributed by atoms with E-state index in [-0.39, 0.29) is 17.9 Å². The van der Waals surface area contributed by atoms with Crippen LogP contribution in [0.15, 0.2) is 47.2 Å². The Balaban J connectivity index is 2.07. The fourth-order valence-electron chi connectivity index (χ4n) is 4.04. The minimum Gasteiger partial charge on any atom is -0.478 e. The van der Waals surface area contributed by atoms with Crippen LogP contribution in [-0.4, -0.2) is 53.3 Å². The third-order valence-corrected chi connectivity index (χ3v) is 5.63. The van der Waals surface area contributed by atoms with Gasteiger partial charge in [0.15, 0.2) is 0 Å². The molecule has 6 heteroatoms. The number of morpholine rings is 1. The van der Waals surface area contributed by atoms with Gasteiger partial charge in [-0.3, -0.25) is 4.90 Å². The Morgan fingerprint density at radius 1 is 1.36 bits per heavy atom. The first-order valence-electron chi connectivity index (χ1n) is 9.91. The lowest BCUT2D eigenvalue weighted by Crippen LogP contribution is -2.53. The zero-order valence-electron chi connectivity index (χ0n) is 16.8. The van der Waals surface area contributed by atoms with Crippen LogP contribution in [-0.2, 0) is 16.1 Å². The van der Waals surface area contributed by atoms with Crippen LogP contribution in [0.5, 0.6) is 0 Å². The molecule has 3 rings (SSSR count). The van der Waals surface area contributed by atoms with Gasteiger partial charge in [-0.1, -0.05) is 26.0 Å². The van der Waals surface area contributed by atoms with E-state index < -0.39 is 5.97 Å². The maximum Gasteiger partial charge on any atom is 0.337 e. The number of hydrogen-bond donors (Lipinski definition) is 1. The molecule has 1 N–H and O–H groups in total. The lowest BCUT2D eigenvalue weighted by Gasteiger charge is -2.46. The number of carboxylic acids is 1. The van der Waals surface area contributed by atoms with Crippen LogP contribution in [0.25, 0.3) is 0 Å². The molecule has 1 fully saturated rings. The first-order chi connectivity index (χ1) is 13.4. The Bertz CT molecular complexity index is 784. The molecule has 2 heterocycles. The minimum absolute atomic E-state index is 0.0701. The molecule has 152 valence electrons. The Kier molecular flexibility index (Phi) is 6.52. The van der Waals surface area contributed by atoms with Crippen molar-refractivity contribution in [2.45, 2.75) is 39.9 Å². The van der Waals surface area contributed by atoms with E-state index in [0.29, 0.717) is 25.3 Å². The van der Waals surface area contributed by atoms with Gasteiger partial charge in [-0.15, -0.1) is 0 Å². The highest BCUT2D eigenvalue weighted by atomic mass is 19.1. The molecule has 0 saturated carbocycles. The van der Waals surface area contributed by atoms with Crippen molar-refractivity contribution in [2.75, 3.05) is 26.3 Å². The molecule has 0 aromatic heterocycles. The SMILES string of the molecule is CCC(C)C1=C(C(=O)O)C(C)=CC(N2CCOCC2)N1Cc1cccc(F)c1. The molecule has 1 aromatic carbocycles. The molecular weight excluding hydrogens is 359 g/mol. The number of halogens is 1. The summed E-state index contributed by atoms with van der Waals surface area (Å²) < 4.78 is 19.3. The number of rotatable bonds is 6. The van der Waals surface area contributed by atoms with Gasteiger partial charge < -0.3 is 14.7 Å². The van der Waals surface area contributed by atoms with Crippen molar-refractivity contribution in [3.05, 3.63) is 58.6 Å². The van der Waals surface area contributed by atoms with E-state index in [4.69, 9.17) is 4.74 Å². The first kappa shape index (κ1) is 20.6. The topological polar surface area (TPSA) is 53.0 Å². The number of nitrogens with zero attached hydrogens (tertiary/aromatic N) is 2. The summed E-state index contributed by atoms with van der Waals surface area (Å²) in [4.78, 5) is 16.6. The van der Waals surface area contributed by atoms with Crippen molar-refractivity contribution >= 4 is 5.97 Å². The zero-order chi connectivity index (χ0) is 20.3. The van der Waals surface area contributed by atoms with Gasteiger partial charge in [0.05, 0.1) is 18.8 Å². The second-order valence-corrected chi connectivity index (χ2v) is 7.54. The van der Waals surface area contributed by atoms with Gasteiger partial charge in [0.2, 0.25) is 0 Å². The summed E-state index contributed by atoms with van der Waals surface area (Å²) >= 11 is 0. The van der Waals surface area contributed by atoms with Gasteiger partial charge in [0.1, 0.15) is 12.0 Å². The summed E-state index contributed by atoms with van der Waals surface area (Å²) in [7, 11) is 0. The normalized spacial score (nSPS) is 22.2. The number of carboxylic acid groups (broad SMARTS) is 1. The summed E-state index contributed by atoms with van der Waals surface area (Å²) in [5.74, 6) is -1.11. The molecule has 1 aromatic rings. The van der Waals surface area contributed by atoms with E-state index in [1.807, 2.05) is 19.1 Å². The van der Waals surface area contributed by atoms with Gasteiger partial charge in [-0.25, -0.2) is 9.18 Å². The average molecular weight is 388 g/mol. The zero-order valence-corrected chi connectivity index (χ0v) is 16.8. The van der Waals surface area contributed by atoms with Crippen molar-refractivity contribution in [3.8, 4) is 0 Å². The van der Waals surface area contributed by atoms with Crippen molar-refractivity contribution in [3.63, 3.8) is 0 Å². The van der Waals surface area contributed by atoms with E-state index in [2.05, 4.69) is 23.6 Å². The smallest absolute Gasteiger partial charge is 0.337 e. The van der Waals surface area contributed by atoms with Crippen LogP contribution in [0.4, 0.5) is 4.39 Å². The largest absolute Gasteiger partial charge is 0.478 e. The summed E-state index contributed by atoms with van der Waals surface area (Å²) in [6, 6.07) is 6.54. The van der Waals surface area contributed by atoms with Crippen molar-refractivity contribution in [2.24, 2.45) is 5.92 Å². The summed E-state index contributed by atoms with van der Waals surface area (Å²) in [5, 5.41) is 9.93. The quantitative estimate of drug-likeness (QED) is 0.807. The minimum atomic E-state index is -0.909. The maximum absolute atomic E-state index is 13.8. The molecule has 1 saturated heterocycles. The van der Waals surface area contributed by atoms with Crippen LogP contribution in [0.3, 0.4) is 0 Å². The maximum atomic E-state index is 13.8. The third-order valence-electron chi connectivity index (χ3n) is 5.63. The standard InChI is InChI=1S/C22H29FN2O3/c1-4-15(2)21-20(22(26)27)16(3)12-19(24-8-10-28-11-9-24)25(21)14-17-6-5-7-18(23)13-17/h5-7,12-13,15,19H,4,8-11,14H2,1-3H3,(H,26,27). The van der Waals surface area contributed by atoms with Crippen LogP contribution in [0, 0.1) is 11.7 Å². The highest BCUT2D eigenvalue weighted by Crippen LogP contribution is 2.36. The summed E-state index contributed by atoms with van der Waals surface area (Å²) in [6.07, 6.45) is 2.79. The number of ether oxygens (including phenoxy) is 1. The van der Waals surface area contributed by atoms with E-state index in [1.54, 1.807) is 6.07 Å².